The van der Waals surface area contributed by atoms with Crippen LogP contribution < -0.4 is 16.8 Å². The van der Waals surface area contributed by atoms with Crippen LogP contribution in [0.3, 0.4) is 0 Å². The molecule has 0 spiro atoms. The summed E-state index contributed by atoms with van der Waals surface area (Å²) in [5.74, 6) is -1.26. The van der Waals surface area contributed by atoms with Crippen LogP contribution in [0.4, 0.5) is 0 Å². The average Bonchev–Trinajstić information content (AvgIpc) is 2.26. The third-order valence-corrected chi connectivity index (χ3v) is 1.69. The maximum atomic E-state index is 11.2. The molecule has 0 aliphatic rings. The van der Waals surface area contributed by atoms with Gasteiger partial charge in [0.15, 0.2) is 0 Å². The van der Waals surface area contributed by atoms with Crippen LogP contribution in [0.15, 0.2) is 0 Å². The van der Waals surface area contributed by atoms with Crippen LogP contribution in [0.25, 0.3) is 0 Å². The van der Waals surface area contributed by atoms with E-state index in [0.29, 0.717) is 19.4 Å². The molecule has 0 aromatic heterocycles. The fraction of sp³-hybridized carbons (Fsp3) is 0.750. The molecule has 0 aromatic carbocycles. The Labute approximate surface area is 112 Å². The molecule has 1 atom stereocenters. The zero-order chi connectivity index (χ0) is 13.7. The highest BCUT2D eigenvalue weighted by Crippen LogP contribution is 2.19. The summed E-state index contributed by atoms with van der Waals surface area (Å²) >= 11 is 9.58. The third kappa shape index (κ3) is 15.9. The van der Waals surface area contributed by atoms with Crippen molar-refractivity contribution in [1.29, 1.82) is 0 Å². The lowest BCUT2D eigenvalue weighted by Gasteiger charge is -2.10. The summed E-state index contributed by atoms with van der Waals surface area (Å²) in [5.41, 5.74) is 10.8. The molecule has 0 saturated heterocycles. The minimum absolute atomic E-state index is 0.0278. The van der Waals surface area contributed by atoms with E-state index in [4.69, 9.17) is 39.1 Å². The highest BCUT2D eigenvalue weighted by atomic mass is 35.9. The molecule has 1 unspecified atom stereocenters. The largest absolute Gasteiger partial charge is 0.481 e. The van der Waals surface area contributed by atoms with Crippen LogP contribution in [0.2, 0.25) is 0 Å². The number of aliphatic carboxylic acids is 1. The highest BCUT2D eigenvalue weighted by molar-refractivity contribution is 7.90. The van der Waals surface area contributed by atoms with Gasteiger partial charge in [0.1, 0.15) is 0 Å². The normalized spacial score (nSPS) is 11.1. The second kappa shape index (κ2) is 13.9. The van der Waals surface area contributed by atoms with Gasteiger partial charge in [0.05, 0.1) is 19.7 Å². The number of amides is 1. The Morgan fingerprint density at radius 1 is 1.41 bits per heavy atom. The summed E-state index contributed by atoms with van der Waals surface area (Å²) in [6.07, 6.45) is 1.12. The number of carboxylic acid groups (broad SMARTS) is 1. The van der Waals surface area contributed by atoms with Crippen molar-refractivity contribution >= 4 is 41.6 Å². The van der Waals surface area contributed by atoms with E-state index in [1.54, 1.807) is 0 Å². The van der Waals surface area contributed by atoms with Crippen molar-refractivity contribution in [3.05, 3.63) is 0 Å². The molecule has 0 aromatic rings. The topological polar surface area (TPSA) is 118 Å². The van der Waals surface area contributed by atoms with Crippen LogP contribution in [0, 0.1) is 0 Å². The van der Waals surface area contributed by atoms with Crippen molar-refractivity contribution in [2.75, 3.05) is 13.1 Å². The number of rotatable bonds is 7. The first-order chi connectivity index (χ1) is 7.99. The van der Waals surface area contributed by atoms with Gasteiger partial charge >= 0.3 is 5.97 Å². The first kappa shape index (κ1) is 19.2. The number of carbonyl (C=O) groups is 2. The Morgan fingerprint density at radius 2 is 1.94 bits per heavy atom. The van der Waals surface area contributed by atoms with Gasteiger partial charge in [-0.3, -0.25) is 9.59 Å². The summed E-state index contributed by atoms with van der Waals surface area (Å²) in [7, 11) is 0.0278. The van der Waals surface area contributed by atoms with E-state index < -0.39 is 12.0 Å². The van der Waals surface area contributed by atoms with Crippen molar-refractivity contribution < 1.29 is 14.7 Å². The summed E-state index contributed by atoms with van der Waals surface area (Å²) in [5, 5.41) is 10.7. The van der Waals surface area contributed by atoms with Gasteiger partial charge in [-0.05, 0) is 19.4 Å². The Morgan fingerprint density at radius 3 is 2.35 bits per heavy atom. The molecular formula is C8H18Cl2N3O3P. The number of halogens is 2. The molecule has 0 bridgehead atoms. The van der Waals surface area contributed by atoms with E-state index >= 15 is 0 Å². The summed E-state index contributed by atoms with van der Waals surface area (Å²) < 4.78 is 0. The predicted molar refractivity (Wildman–Crippen MR) is 71.5 cm³/mol. The Balaban J connectivity index is 0. The van der Waals surface area contributed by atoms with E-state index in [9.17, 15) is 9.59 Å². The fourth-order valence-electron chi connectivity index (χ4n) is 0.893. The lowest BCUT2D eigenvalue weighted by Crippen LogP contribution is -2.41. The smallest absolute Gasteiger partial charge is 0.305 e. The average molecular weight is 306 g/mol. The SMILES string of the molecule is ClPCl.NCCCC(N)C(=O)NCCC(=O)O. The van der Waals surface area contributed by atoms with Gasteiger partial charge in [0.25, 0.3) is 0 Å². The summed E-state index contributed by atoms with van der Waals surface area (Å²) in [4.78, 5) is 21.3. The number of carboxylic acids is 1. The molecule has 102 valence electrons. The molecule has 0 heterocycles. The minimum Gasteiger partial charge on any atom is -0.481 e. The van der Waals surface area contributed by atoms with Crippen LogP contribution in [-0.4, -0.2) is 36.1 Å². The molecule has 1 amide bonds. The number of nitrogens with one attached hydrogen (secondary N) is 1. The standard InChI is InChI=1S/C8H17N3O3.Cl2HP/c9-4-1-2-6(10)8(14)11-5-3-7(12)13;1-3-2/h6H,1-5,9-10H2,(H,11,14)(H,12,13);3H. The van der Waals surface area contributed by atoms with Gasteiger partial charge in [0.2, 0.25) is 5.91 Å². The Bertz CT molecular complexity index is 222. The second-order valence-electron chi connectivity index (χ2n) is 3.04. The maximum absolute atomic E-state index is 11.2. The maximum Gasteiger partial charge on any atom is 0.305 e. The second-order valence-corrected chi connectivity index (χ2v) is 4.90. The molecule has 9 heteroatoms. The van der Waals surface area contributed by atoms with Crippen LogP contribution >= 0.6 is 29.8 Å². The lowest BCUT2D eigenvalue weighted by atomic mass is 10.1. The molecule has 0 radical (unpaired) electrons. The molecule has 0 saturated carbocycles. The zero-order valence-corrected chi connectivity index (χ0v) is 11.8. The summed E-state index contributed by atoms with van der Waals surface area (Å²) in [6, 6.07) is -0.590. The molecule has 0 aliphatic heterocycles. The lowest BCUT2D eigenvalue weighted by molar-refractivity contribution is -0.136. The number of carbonyl (C=O) groups excluding carboxylic acids is 1. The molecular weight excluding hydrogens is 288 g/mol. The van der Waals surface area contributed by atoms with E-state index in [0.717, 1.165) is 0 Å². The number of hydrogen-bond donors (Lipinski definition) is 4. The van der Waals surface area contributed by atoms with Gasteiger partial charge in [-0.15, -0.1) is 0 Å². The molecule has 0 aliphatic carbocycles. The van der Waals surface area contributed by atoms with Crippen LogP contribution in [0.5, 0.6) is 0 Å². The molecule has 0 rings (SSSR count). The van der Waals surface area contributed by atoms with Crippen LogP contribution in [0.1, 0.15) is 19.3 Å². The van der Waals surface area contributed by atoms with Crippen LogP contribution in [-0.2, 0) is 9.59 Å². The van der Waals surface area contributed by atoms with E-state index in [1.165, 1.54) is 0 Å². The van der Waals surface area contributed by atoms with Crippen molar-refractivity contribution in [2.24, 2.45) is 11.5 Å². The number of nitrogens with two attached hydrogens (primary N) is 2. The van der Waals surface area contributed by atoms with Crippen molar-refractivity contribution in [3.63, 3.8) is 0 Å². The quantitative estimate of drug-likeness (QED) is 0.514. The van der Waals surface area contributed by atoms with E-state index in [2.05, 4.69) is 5.32 Å². The zero-order valence-electron chi connectivity index (χ0n) is 9.29. The molecule has 6 N–H and O–H groups in total. The van der Waals surface area contributed by atoms with E-state index in [1.807, 2.05) is 0 Å². The monoisotopic (exact) mass is 305 g/mol. The highest BCUT2D eigenvalue weighted by Gasteiger charge is 2.11. The Hall–Kier alpha value is -0.130. The summed E-state index contributed by atoms with van der Waals surface area (Å²) in [6.45, 7) is 0.612. The number of hydrogen-bond acceptors (Lipinski definition) is 4. The van der Waals surface area contributed by atoms with Gasteiger partial charge in [-0.1, -0.05) is 22.5 Å². The molecule has 17 heavy (non-hydrogen) atoms. The molecule has 6 nitrogen and oxygen atoms in total. The minimum atomic E-state index is -0.944. The Kier molecular flexibility index (Phi) is 15.7. The predicted octanol–water partition coefficient (Wildman–Crippen LogP) is 0.616. The van der Waals surface area contributed by atoms with Crippen molar-refractivity contribution in [1.82, 2.24) is 5.32 Å². The van der Waals surface area contributed by atoms with Gasteiger partial charge < -0.3 is 21.9 Å². The van der Waals surface area contributed by atoms with Crippen molar-refractivity contribution in [3.8, 4) is 0 Å². The van der Waals surface area contributed by atoms with Gasteiger partial charge in [-0.2, -0.15) is 0 Å². The first-order valence-electron chi connectivity index (χ1n) is 4.91. The third-order valence-electron chi connectivity index (χ3n) is 1.69. The molecule has 0 fully saturated rings. The van der Waals surface area contributed by atoms with Gasteiger partial charge in [-0.25, -0.2) is 0 Å². The van der Waals surface area contributed by atoms with E-state index in [-0.39, 0.29) is 26.2 Å². The van der Waals surface area contributed by atoms with Crippen molar-refractivity contribution in [2.45, 2.75) is 25.3 Å². The fourth-order valence-corrected chi connectivity index (χ4v) is 0.893. The first-order valence-corrected chi connectivity index (χ1v) is 7.93. The van der Waals surface area contributed by atoms with Gasteiger partial charge in [0, 0.05) is 6.54 Å².